The molecule has 0 radical (unpaired) electrons. The first-order chi connectivity index (χ1) is 13.8. The number of thiazole rings is 1. The standard InChI is InChI=1S/C20H16F3N3O2S/c1-26(10-12-6-7-13(21)8-17(12)23)18(27)9-14-11-29-20(24-14)25-19(28)15-4-2-3-5-16(15)22/h2-8,11H,9-10H2,1H3,(H,24,25,28). The molecule has 0 aliphatic rings. The Labute approximate surface area is 168 Å². The van der Waals surface area contributed by atoms with E-state index < -0.39 is 23.4 Å². The number of nitrogens with zero attached hydrogens (tertiary/aromatic N) is 2. The minimum atomic E-state index is -0.726. The minimum Gasteiger partial charge on any atom is -0.341 e. The second kappa shape index (κ2) is 8.87. The largest absolute Gasteiger partial charge is 0.341 e. The summed E-state index contributed by atoms with van der Waals surface area (Å²) in [6.07, 6.45) is -0.0641. The predicted octanol–water partition coefficient (Wildman–Crippen LogP) is 4.01. The third kappa shape index (κ3) is 5.20. The zero-order chi connectivity index (χ0) is 21.0. The summed E-state index contributed by atoms with van der Waals surface area (Å²) in [7, 11) is 1.50. The number of rotatable bonds is 6. The fourth-order valence-corrected chi connectivity index (χ4v) is 3.24. The van der Waals surface area contributed by atoms with Crippen LogP contribution in [0.25, 0.3) is 0 Å². The number of nitrogens with one attached hydrogen (secondary N) is 1. The van der Waals surface area contributed by atoms with Crippen LogP contribution < -0.4 is 5.32 Å². The fourth-order valence-electron chi connectivity index (χ4n) is 2.54. The van der Waals surface area contributed by atoms with Gasteiger partial charge in [-0.05, 0) is 18.2 Å². The van der Waals surface area contributed by atoms with Crippen molar-refractivity contribution in [1.29, 1.82) is 0 Å². The molecule has 0 atom stereocenters. The number of anilines is 1. The molecule has 1 aromatic heterocycles. The number of benzene rings is 2. The van der Waals surface area contributed by atoms with E-state index in [9.17, 15) is 22.8 Å². The Morgan fingerprint density at radius 1 is 1.10 bits per heavy atom. The number of aromatic nitrogens is 1. The van der Waals surface area contributed by atoms with Crippen molar-refractivity contribution in [3.8, 4) is 0 Å². The highest BCUT2D eigenvalue weighted by Crippen LogP contribution is 2.19. The van der Waals surface area contributed by atoms with E-state index >= 15 is 0 Å². The van der Waals surface area contributed by atoms with Gasteiger partial charge in [0.15, 0.2) is 5.13 Å². The van der Waals surface area contributed by atoms with Crippen LogP contribution in [-0.2, 0) is 17.8 Å². The number of carbonyl (C=O) groups excluding carboxylic acids is 2. The van der Waals surface area contributed by atoms with Gasteiger partial charge in [-0.15, -0.1) is 11.3 Å². The molecule has 3 rings (SSSR count). The van der Waals surface area contributed by atoms with Gasteiger partial charge in [0.25, 0.3) is 5.91 Å². The molecule has 29 heavy (non-hydrogen) atoms. The van der Waals surface area contributed by atoms with Crippen molar-refractivity contribution in [3.63, 3.8) is 0 Å². The van der Waals surface area contributed by atoms with Gasteiger partial charge in [-0.3, -0.25) is 14.9 Å². The van der Waals surface area contributed by atoms with Crippen LogP contribution in [0.15, 0.2) is 47.8 Å². The fraction of sp³-hybridized carbons (Fsp3) is 0.150. The molecule has 5 nitrogen and oxygen atoms in total. The Bertz CT molecular complexity index is 1050. The van der Waals surface area contributed by atoms with E-state index in [2.05, 4.69) is 10.3 Å². The minimum absolute atomic E-state index is 0.0219. The lowest BCUT2D eigenvalue weighted by atomic mass is 10.2. The van der Waals surface area contributed by atoms with Crippen LogP contribution in [0.2, 0.25) is 0 Å². The molecular formula is C20H16F3N3O2S. The maximum Gasteiger partial charge on any atom is 0.260 e. The molecule has 9 heteroatoms. The van der Waals surface area contributed by atoms with Crippen molar-refractivity contribution in [2.45, 2.75) is 13.0 Å². The first-order valence-corrected chi connectivity index (χ1v) is 9.39. The first kappa shape index (κ1) is 20.5. The van der Waals surface area contributed by atoms with Crippen LogP contribution in [0.1, 0.15) is 21.6 Å². The molecule has 1 heterocycles. The van der Waals surface area contributed by atoms with Crippen molar-refractivity contribution in [2.24, 2.45) is 0 Å². The molecule has 2 aromatic carbocycles. The highest BCUT2D eigenvalue weighted by atomic mass is 32.1. The summed E-state index contributed by atoms with van der Waals surface area (Å²) in [5.74, 6) is -3.03. The molecule has 1 N–H and O–H groups in total. The Hall–Kier alpha value is -3.20. The van der Waals surface area contributed by atoms with E-state index in [4.69, 9.17) is 0 Å². The second-order valence-electron chi connectivity index (χ2n) is 6.24. The Morgan fingerprint density at radius 2 is 1.86 bits per heavy atom. The van der Waals surface area contributed by atoms with Gasteiger partial charge in [-0.2, -0.15) is 0 Å². The van der Waals surface area contributed by atoms with Crippen LogP contribution >= 0.6 is 11.3 Å². The number of halogens is 3. The topological polar surface area (TPSA) is 62.3 Å². The number of carbonyl (C=O) groups is 2. The van der Waals surface area contributed by atoms with Crippen LogP contribution in [0.3, 0.4) is 0 Å². The summed E-state index contributed by atoms with van der Waals surface area (Å²) in [6.45, 7) is -0.0219. The molecule has 0 fully saturated rings. The monoisotopic (exact) mass is 419 g/mol. The van der Waals surface area contributed by atoms with E-state index in [-0.39, 0.29) is 35.1 Å². The highest BCUT2D eigenvalue weighted by Gasteiger charge is 2.16. The predicted molar refractivity (Wildman–Crippen MR) is 103 cm³/mol. The maximum absolute atomic E-state index is 13.7. The molecule has 0 aliphatic heterocycles. The molecule has 0 bridgehead atoms. The van der Waals surface area contributed by atoms with Gasteiger partial charge in [0.1, 0.15) is 17.5 Å². The SMILES string of the molecule is CN(Cc1ccc(F)cc1F)C(=O)Cc1csc(NC(=O)c2ccccc2F)n1. The lowest BCUT2D eigenvalue weighted by Gasteiger charge is -2.17. The normalized spacial score (nSPS) is 10.6. The summed E-state index contributed by atoms with van der Waals surface area (Å²) in [4.78, 5) is 29.9. The molecule has 0 aliphatic carbocycles. The lowest BCUT2D eigenvalue weighted by molar-refractivity contribution is -0.129. The molecular weight excluding hydrogens is 403 g/mol. The smallest absolute Gasteiger partial charge is 0.260 e. The summed E-state index contributed by atoms with van der Waals surface area (Å²) in [6, 6.07) is 8.73. The van der Waals surface area contributed by atoms with E-state index in [1.54, 1.807) is 11.4 Å². The molecule has 2 amide bonds. The van der Waals surface area contributed by atoms with Crippen molar-refractivity contribution in [2.75, 3.05) is 12.4 Å². The molecule has 0 spiro atoms. The Balaban J connectivity index is 1.59. The maximum atomic E-state index is 13.7. The van der Waals surface area contributed by atoms with E-state index in [1.165, 1.54) is 36.2 Å². The summed E-state index contributed by atoms with van der Waals surface area (Å²) < 4.78 is 40.4. The third-order valence-electron chi connectivity index (χ3n) is 4.07. The van der Waals surface area contributed by atoms with Crippen molar-refractivity contribution in [1.82, 2.24) is 9.88 Å². The number of hydrogen-bond acceptors (Lipinski definition) is 4. The zero-order valence-electron chi connectivity index (χ0n) is 15.3. The highest BCUT2D eigenvalue weighted by molar-refractivity contribution is 7.14. The van der Waals surface area contributed by atoms with E-state index in [0.29, 0.717) is 5.69 Å². The van der Waals surface area contributed by atoms with Crippen LogP contribution in [0.4, 0.5) is 18.3 Å². The summed E-state index contributed by atoms with van der Waals surface area (Å²) >= 11 is 1.10. The average Bonchev–Trinajstić information content (AvgIpc) is 3.10. The van der Waals surface area contributed by atoms with Gasteiger partial charge >= 0.3 is 0 Å². The number of likely N-dealkylation sites (N-methyl/N-ethyl adjacent to an activating group) is 1. The second-order valence-corrected chi connectivity index (χ2v) is 7.10. The van der Waals surface area contributed by atoms with Gasteiger partial charge in [0.2, 0.25) is 5.91 Å². The van der Waals surface area contributed by atoms with Crippen LogP contribution in [0.5, 0.6) is 0 Å². The average molecular weight is 419 g/mol. The van der Waals surface area contributed by atoms with Gasteiger partial charge in [0.05, 0.1) is 17.7 Å². The molecule has 150 valence electrons. The molecule has 0 saturated carbocycles. The van der Waals surface area contributed by atoms with Gasteiger partial charge < -0.3 is 4.90 Å². The van der Waals surface area contributed by atoms with Crippen LogP contribution in [0, 0.1) is 17.5 Å². The zero-order valence-corrected chi connectivity index (χ0v) is 16.1. The quantitative estimate of drug-likeness (QED) is 0.657. The van der Waals surface area contributed by atoms with E-state index in [1.807, 2.05) is 0 Å². The Kier molecular flexibility index (Phi) is 6.28. The Morgan fingerprint density at radius 3 is 2.59 bits per heavy atom. The van der Waals surface area contributed by atoms with Crippen molar-refractivity contribution < 1.29 is 22.8 Å². The lowest BCUT2D eigenvalue weighted by Crippen LogP contribution is -2.28. The summed E-state index contributed by atoms with van der Waals surface area (Å²) in [5, 5.41) is 4.32. The van der Waals surface area contributed by atoms with Gasteiger partial charge in [-0.1, -0.05) is 18.2 Å². The van der Waals surface area contributed by atoms with Crippen molar-refractivity contribution >= 4 is 28.3 Å². The van der Waals surface area contributed by atoms with Gasteiger partial charge in [0, 0.05) is 30.6 Å². The van der Waals surface area contributed by atoms with Crippen LogP contribution in [-0.4, -0.2) is 28.7 Å². The molecule has 3 aromatic rings. The van der Waals surface area contributed by atoms with Crippen molar-refractivity contribution in [3.05, 3.63) is 82.1 Å². The first-order valence-electron chi connectivity index (χ1n) is 8.51. The molecule has 0 saturated heterocycles. The summed E-state index contributed by atoms with van der Waals surface area (Å²) in [5.41, 5.74) is 0.495. The number of amides is 2. The van der Waals surface area contributed by atoms with E-state index in [0.717, 1.165) is 23.5 Å². The third-order valence-corrected chi connectivity index (χ3v) is 4.88. The van der Waals surface area contributed by atoms with Gasteiger partial charge in [-0.25, -0.2) is 18.2 Å². The number of hydrogen-bond donors (Lipinski definition) is 1. The molecule has 0 unspecified atom stereocenters.